The fourth-order valence-electron chi connectivity index (χ4n) is 5.80. The van der Waals surface area contributed by atoms with Crippen molar-refractivity contribution >= 4 is 0 Å². The standard InChI is InChI=1S/C21H46N.C19H42N.2BrH/c1-6-7-8-9-10-11-12-13-14-15-16-17-18-19-20-21(2)22(3,4)5;1-5-6-7-8-9-10-11-12-13-14-15-16-17-18-19-20(2,3)4;;/h21H,6-20H2,1-5H3;5-19H2,1-4H3;2*1H/q2*+1;;/p-2. The molecule has 0 aliphatic heterocycles. The highest BCUT2D eigenvalue weighted by atomic mass is 79.9. The van der Waals surface area contributed by atoms with Crippen molar-refractivity contribution in [3.63, 3.8) is 0 Å². The number of halogens is 2. The topological polar surface area (TPSA) is 0 Å². The molecule has 0 aliphatic rings. The van der Waals surface area contributed by atoms with E-state index in [1.165, 1.54) is 193 Å². The Labute approximate surface area is 303 Å². The quantitative estimate of drug-likeness (QED) is 0.0522. The molecule has 0 bridgehead atoms. The van der Waals surface area contributed by atoms with Gasteiger partial charge in [-0.25, -0.2) is 0 Å². The van der Waals surface area contributed by atoms with E-state index in [1.807, 2.05) is 0 Å². The first-order chi connectivity index (χ1) is 20.0. The number of unbranched alkanes of at least 4 members (excludes halogenated alkanes) is 26. The molecule has 0 amide bonds. The minimum Gasteiger partial charge on any atom is -1.00 e. The highest BCUT2D eigenvalue weighted by Gasteiger charge is 2.16. The lowest BCUT2D eigenvalue weighted by Crippen LogP contribution is -3.00. The van der Waals surface area contributed by atoms with Crippen molar-refractivity contribution in [1.82, 2.24) is 0 Å². The fraction of sp³-hybridized carbons (Fsp3) is 1.00. The van der Waals surface area contributed by atoms with Crippen LogP contribution in [0.5, 0.6) is 0 Å². The second kappa shape index (κ2) is 38.3. The predicted molar refractivity (Wildman–Crippen MR) is 196 cm³/mol. The maximum Gasteiger partial charge on any atom is 0.0855 e. The molecule has 2 nitrogen and oxygen atoms in total. The number of quaternary nitrogens is 2. The first-order valence-electron chi connectivity index (χ1n) is 19.7. The number of hydrogen-bond donors (Lipinski definition) is 0. The molecule has 0 rings (SSSR count). The van der Waals surface area contributed by atoms with Gasteiger partial charge in [0.15, 0.2) is 0 Å². The first-order valence-corrected chi connectivity index (χ1v) is 19.7. The molecule has 0 saturated carbocycles. The molecule has 0 aromatic heterocycles. The Morgan fingerprint density at radius 3 is 0.795 bits per heavy atom. The van der Waals surface area contributed by atoms with Gasteiger partial charge >= 0.3 is 0 Å². The molecular weight excluding hydrogens is 668 g/mol. The third-order valence-electron chi connectivity index (χ3n) is 9.48. The Balaban J connectivity index is -0.000000349. The van der Waals surface area contributed by atoms with Gasteiger partial charge in [-0.05, 0) is 32.6 Å². The molecule has 0 fully saturated rings. The average molecular weight is 757 g/mol. The van der Waals surface area contributed by atoms with E-state index in [1.54, 1.807) is 0 Å². The number of rotatable bonds is 31. The van der Waals surface area contributed by atoms with Crippen molar-refractivity contribution in [3.05, 3.63) is 0 Å². The summed E-state index contributed by atoms with van der Waals surface area (Å²) in [5.41, 5.74) is 0. The van der Waals surface area contributed by atoms with Crippen LogP contribution in [-0.2, 0) is 0 Å². The second-order valence-electron chi connectivity index (χ2n) is 16.0. The highest BCUT2D eigenvalue weighted by Crippen LogP contribution is 2.16. The molecule has 0 radical (unpaired) electrons. The largest absolute Gasteiger partial charge is 1.00 e. The van der Waals surface area contributed by atoms with Crippen molar-refractivity contribution in [2.75, 3.05) is 48.8 Å². The van der Waals surface area contributed by atoms with E-state index < -0.39 is 0 Å². The molecule has 0 aromatic carbocycles. The van der Waals surface area contributed by atoms with E-state index in [4.69, 9.17) is 0 Å². The van der Waals surface area contributed by atoms with E-state index in [-0.39, 0.29) is 34.0 Å². The number of nitrogens with zero attached hydrogens (tertiary/aromatic N) is 2. The molecule has 0 heterocycles. The van der Waals surface area contributed by atoms with Gasteiger partial charge in [0.1, 0.15) is 0 Å². The van der Waals surface area contributed by atoms with E-state index in [2.05, 4.69) is 63.1 Å². The van der Waals surface area contributed by atoms with Crippen LogP contribution in [0, 0.1) is 0 Å². The molecule has 0 saturated heterocycles. The lowest BCUT2D eigenvalue weighted by atomic mass is 10.0. The molecule has 1 atom stereocenters. The Morgan fingerprint density at radius 1 is 0.341 bits per heavy atom. The zero-order valence-electron chi connectivity index (χ0n) is 32.4. The molecule has 44 heavy (non-hydrogen) atoms. The van der Waals surface area contributed by atoms with Crippen molar-refractivity contribution < 1.29 is 42.9 Å². The van der Waals surface area contributed by atoms with Gasteiger partial charge in [-0.15, -0.1) is 0 Å². The fourth-order valence-corrected chi connectivity index (χ4v) is 5.80. The molecule has 4 heteroatoms. The van der Waals surface area contributed by atoms with Crippen molar-refractivity contribution in [2.45, 2.75) is 213 Å². The Hall–Kier alpha value is 0.880. The summed E-state index contributed by atoms with van der Waals surface area (Å²) in [5.74, 6) is 0. The van der Waals surface area contributed by atoms with E-state index in [0.29, 0.717) is 0 Å². The Bertz CT molecular complexity index is 499. The lowest BCUT2D eigenvalue weighted by Gasteiger charge is -2.31. The lowest BCUT2D eigenvalue weighted by molar-refractivity contribution is -0.894. The Morgan fingerprint density at radius 2 is 0.568 bits per heavy atom. The smallest absolute Gasteiger partial charge is 0.0855 e. The summed E-state index contributed by atoms with van der Waals surface area (Å²) in [6, 6.07) is 0.803. The van der Waals surface area contributed by atoms with Crippen LogP contribution in [0.1, 0.15) is 207 Å². The van der Waals surface area contributed by atoms with Gasteiger partial charge in [-0.3, -0.25) is 0 Å². The summed E-state index contributed by atoms with van der Waals surface area (Å²) in [4.78, 5) is 0. The van der Waals surface area contributed by atoms with Crippen molar-refractivity contribution in [3.8, 4) is 0 Å². The van der Waals surface area contributed by atoms with Crippen LogP contribution >= 0.6 is 0 Å². The third kappa shape index (κ3) is 47.3. The summed E-state index contributed by atoms with van der Waals surface area (Å²) < 4.78 is 2.23. The van der Waals surface area contributed by atoms with Gasteiger partial charge in [0, 0.05) is 0 Å². The van der Waals surface area contributed by atoms with Crippen LogP contribution in [0.4, 0.5) is 0 Å². The SMILES string of the molecule is CCCCCCCCCCCCCCCCC(C)[N+](C)(C)C.CCCCCCCCCCCCCCCC[N+](C)(C)C.[Br-].[Br-]. The van der Waals surface area contributed by atoms with Gasteiger partial charge in [0.25, 0.3) is 0 Å². The first kappa shape index (κ1) is 51.7. The van der Waals surface area contributed by atoms with Gasteiger partial charge in [-0.2, -0.15) is 0 Å². The van der Waals surface area contributed by atoms with E-state index in [0.717, 1.165) is 15.0 Å². The van der Waals surface area contributed by atoms with Gasteiger partial charge in [-0.1, -0.05) is 174 Å². The minimum absolute atomic E-state index is 0. The van der Waals surface area contributed by atoms with E-state index >= 15 is 0 Å². The molecule has 0 aliphatic carbocycles. The zero-order chi connectivity index (χ0) is 31.8. The van der Waals surface area contributed by atoms with Gasteiger partial charge in [0.05, 0.1) is 54.9 Å². The molecule has 272 valence electrons. The zero-order valence-corrected chi connectivity index (χ0v) is 35.6. The Kier molecular flexibility index (Phi) is 45.0. The number of hydrogen-bond acceptors (Lipinski definition) is 0. The third-order valence-corrected chi connectivity index (χ3v) is 9.48. The summed E-state index contributed by atoms with van der Waals surface area (Å²) >= 11 is 0. The van der Waals surface area contributed by atoms with E-state index in [9.17, 15) is 0 Å². The molecular formula is C40H88Br2N2. The van der Waals surface area contributed by atoms with Crippen LogP contribution in [0.25, 0.3) is 0 Å². The average Bonchev–Trinajstić information content (AvgIpc) is 2.92. The monoisotopic (exact) mass is 755 g/mol. The van der Waals surface area contributed by atoms with Crippen molar-refractivity contribution in [1.29, 1.82) is 0 Å². The van der Waals surface area contributed by atoms with Crippen LogP contribution in [-0.4, -0.2) is 63.8 Å². The minimum atomic E-state index is 0. The molecule has 0 spiro atoms. The predicted octanol–water partition coefficient (Wildman–Crippen LogP) is 7.13. The molecule has 0 N–H and O–H groups in total. The van der Waals surface area contributed by atoms with Crippen LogP contribution in [0.3, 0.4) is 0 Å². The summed E-state index contributed by atoms with van der Waals surface area (Å²) in [6.07, 6.45) is 42.2. The summed E-state index contributed by atoms with van der Waals surface area (Å²) in [6.45, 7) is 8.31. The maximum atomic E-state index is 2.39. The second-order valence-corrected chi connectivity index (χ2v) is 16.0. The summed E-state index contributed by atoms with van der Waals surface area (Å²) in [5, 5.41) is 0. The summed E-state index contributed by atoms with van der Waals surface area (Å²) in [7, 11) is 13.8. The van der Waals surface area contributed by atoms with Crippen molar-refractivity contribution in [2.24, 2.45) is 0 Å². The normalized spacial score (nSPS) is 12.2. The van der Waals surface area contributed by atoms with Crippen LogP contribution in [0.2, 0.25) is 0 Å². The highest BCUT2D eigenvalue weighted by molar-refractivity contribution is 4.53. The van der Waals surface area contributed by atoms with Gasteiger partial charge in [0.2, 0.25) is 0 Å². The molecule has 1 unspecified atom stereocenters. The molecule has 0 aromatic rings. The van der Waals surface area contributed by atoms with Crippen LogP contribution < -0.4 is 34.0 Å². The van der Waals surface area contributed by atoms with Crippen LogP contribution in [0.15, 0.2) is 0 Å². The maximum absolute atomic E-state index is 2.39. The van der Waals surface area contributed by atoms with Gasteiger partial charge < -0.3 is 42.9 Å².